The van der Waals surface area contributed by atoms with Gasteiger partial charge in [-0.25, -0.2) is 9.97 Å². The molecule has 176 valence electrons. The van der Waals surface area contributed by atoms with E-state index in [0.29, 0.717) is 30.5 Å². The first-order valence-electron chi connectivity index (χ1n) is 11.4. The van der Waals surface area contributed by atoms with Gasteiger partial charge in [-0.05, 0) is 42.2 Å². The van der Waals surface area contributed by atoms with Crippen molar-refractivity contribution in [2.75, 3.05) is 11.9 Å². The first-order chi connectivity index (χ1) is 17.2. The maximum Gasteiger partial charge on any atom is 0.163 e. The molecule has 0 bridgehead atoms. The van der Waals surface area contributed by atoms with Gasteiger partial charge in [-0.15, -0.1) is 11.3 Å². The Morgan fingerprint density at radius 2 is 2.00 bits per heavy atom. The van der Waals surface area contributed by atoms with Gasteiger partial charge >= 0.3 is 0 Å². The normalized spacial score (nSPS) is 12.4. The Balaban J connectivity index is 1.28. The van der Waals surface area contributed by atoms with Crippen molar-refractivity contribution in [3.8, 4) is 16.2 Å². The van der Waals surface area contributed by atoms with Gasteiger partial charge in [0.2, 0.25) is 0 Å². The van der Waals surface area contributed by atoms with Gasteiger partial charge in [0.15, 0.2) is 6.61 Å². The Morgan fingerprint density at radius 3 is 2.83 bits per heavy atom. The molecule has 0 spiro atoms. The fraction of sp³-hybridized carbons (Fsp3) is 0.192. The highest BCUT2D eigenvalue weighted by molar-refractivity contribution is 7.22. The largest absolute Gasteiger partial charge is 0.487 e. The summed E-state index contributed by atoms with van der Waals surface area (Å²) < 4.78 is 7.79. The molecule has 3 N–H and O–H groups in total. The van der Waals surface area contributed by atoms with Gasteiger partial charge in [-0.1, -0.05) is 41.9 Å². The third kappa shape index (κ3) is 4.25. The van der Waals surface area contributed by atoms with Crippen molar-refractivity contribution in [1.82, 2.24) is 19.7 Å². The van der Waals surface area contributed by atoms with Crippen molar-refractivity contribution < 1.29 is 9.84 Å². The molecule has 0 fully saturated rings. The molecule has 0 aliphatic heterocycles. The summed E-state index contributed by atoms with van der Waals surface area (Å²) in [7, 11) is 0. The zero-order valence-corrected chi connectivity index (χ0v) is 20.4. The molecule has 0 unspecified atom stereocenters. The number of aryl methyl sites for hydroxylation is 2. The summed E-state index contributed by atoms with van der Waals surface area (Å²) in [6.07, 6.45) is 5.41. The van der Waals surface area contributed by atoms with E-state index in [9.17, 15) is 0 Å². The van der Waals surface area contributed by atoms with Crippen LogP contribution < -0.4 is 10.1 Å². The minimum atomic E-state index is 0.317. The van der Waals surface area contributed by atoms with E-state index in [0.717, 1.165) is 51.4 Å². The van der Waals surface area contributed by atoms with Crippen LogP contribution in [0.3, 0.4) is 0 Å². The number of nitrogens with one attached hydrogen (secondary N) is 1. The second-order valence-electron chi connectivity index (χ2n) is 8.36. The Bertz CT molecular complexity index is 1520. The molecule has 3 heterocycles. The highest BCUT2D eigenvalue weighted by Crippen LogP contribution is 2.45. The number of anilines is 2. The summed E-state index contributed by atoms with van der Waals surface area (Å²) in [4.78, 5) is 11.3. The number of ether oxygens (including phenoxy) is 1. The second-order valence-corrected chi connectivity index (χ2v) is 9.77. The molecule has 0 radical (unpaired) electrons. The van der Waals surface area contributed by atoms with Crippen LogP contribution >= 0.6 is 22.9 Å². The average molecular weight is 505 g/mol. The molecule has 0 atom stereocenters. The molecule has 9 heteroatoms. The molecule has 2 aromatic carbocycles. The zero-order chi connectivity index (χ0) is 23.8. The third-order valence-corrected chi connectivity index (χ3v) is 7.52. The summed E-state index contributed by atoms with van der Waals surface area (Å²) in [6, 6.07) is 15.7. The predicted molar refractivity (Wildman–Crippen MR) is 140 cm³/mol. The van der Waals surface area contributed by atoms with Crippen molar-refractivity contribution in [2.24, 2.45) is 0 Å². The van der Waals surface area contributed by atoms with Gasteiger partial charge in [0, 0.05) is 22.3 Å². The molecule has 1 aliphatic carbocycles. The topological polar surface area (TPSA) is 87.8 Å². The molecule has 0 amide bonds. The summed E-state index contributed by atoms with van der Waals surface area (Å²) in [5.41, 5.74) is 5.42. The monoisotopic (exact) mass is 504 g/mol. The molecular formula is C26H23ClN5O2S+. The van der Waals surface area contributed by atoms with Crippen LogP contribution in [0.25, 0.3) is 20.7 Å². The summed E-state index contributed by atoms with van der Waals surface area (Å²) in [5.74, 6) is 1.41. The van der Waals surface area contributed by atoms with Crippen LogP contribution in [0.2, 0.25) is 5.02 Å². The third-order valence-electron chi connectivity index (χ3n) is 6.05. The van der Waals surface area contributed by atoms with E-state index >= 15 is 0 Å². The summed E-state index contributed by atoms with van der Waals surface area (Å²) >= 11 is 8.21. The van der Waals surface area contributed by atoms with E-state index < -0.39 is 0 Å². The number of rotatable bonds is 7. The van der Waals surface area contributed by atoms with Crippen molar-refractivity contribution in [3.05, 3.63) is 82.9 Å². The van der Waals surface area contributed by atoms with Crippen molar-refractivity contribution >= 4 is 44.7 Å². The lowest BCUT2D eigenvalue weighted by Crippen LogP contribution is -2.04. The van der Waals surface area contributed by atoms with Gasteiger partial charge in [0.05, 0.1) is 16.1 Å². The second kappa shape index (κ2) is 9.30. The van der Waals surface area contributed by atoms with Crippen LogP contribution in [0, 0.1) is 0 Å². The lowest BCUT2D eigenvalue weighted by molar-refractivity contribution is 0.269. The maximum atomic E-state index is 7.51. The van der Waals surface area contributed by atoms with Crippen molar-refractivity contribution in [2.45, 2.75) is 26.0 Å². The number of hydrogen-bond donors (Lipinski definition) is 1. The van der Waals surface area contributed by atoms with E-state index in [1.807, 2.05) is 53.2 Å². The van der Waals surface area contributed by atoms with Gasteiger partial charge in [0.25, 0.3) is 0 Å². The smallest absolute Gasteiger partial charge is 0.163 e. The van der Waals surface area contributed by atoms with E-state index in [1.54, 1.807) is 17.7 Å². The molecule has 0 saturated heterocycles. The highest BCUT2D eigenvalue weighted by Gasteiger charge is 2.26. The average Bonchev–Trinajstić information content (AvgIpc) is 3.46. The van der Waals surface area contributed by atoms with E-state index in [2.05, 4.69) is 26.6 Å². The molecule has 1 aliphatic rings. The lowest BCUT2D eigenvalue weighted by atomic mass is 9.95. The molecule has 5 aromatic rings. The van der Waals surface area contributed by atoms with Gasteiger partial charge in [0.1, 0.15) is 35.9 Å². The van der Waals surface area contributed by atoms with Crippen LogP contribution in [0.4, 0.5) is 11.5 Å². The standard InChI is InChI=1S/C26H22ClN5O2S/c27-20-12-17(6-9-22(20)34-14-16-4-2-1-3-5-16)30-25-23-18-7-8-21-19(13-32(31-21)10-11-33)24(18)35-26(23)29-15-28-25/h1-6,9,12-13,15,33H,7-8,10-11,14H2,(H,28,29,30)/p+1. The Labute approximate surface area is 211 Å². The fourth-order valence-corrected chi connectivity index (χ4v) is 5.88. The lowest BCUT2D eigenvalue weighted by Gasteiger charge is -2.13. The van der Waals surface area contributed by atoms with Gasteiger partial charge in [-0.3, -0.25) is 4.68 Å². The first-order valence-corrected chi connectivity index (χ1v) is 12.6. The Kier molecular flexibility index (Phi) is 5.85. The molecule has 3 aromatic heterocycles. The molecular weight excluding hydrogens is 482 g/mol. The van der Waals surface area contributed by atoms with Crippen LogP contribution in [0.15, 0.2) is 61.1 Å². The van der Waals surface area contributed by atoms with E-state index in [-0.39, 0.29) is 0 Å². The van der Waals surface area contributed by atoms with Gasteiger partial charge < -0.3 is 15.2 Å². The van der Waals surface area contributed by atoms with E-state index in [4.69, 9.17) is 21.4 Å². The summed E-state index contributed by atoms with van der Waals surface area (Å²) in [5, 5.41) is 17.2. The van der Waals surface area contributed by atoms with Crippen LogP contribution in [-0.2, 0) is 26.0 Å². The first kappa shape index (κ1) is 22.0. The Hall–Kier alpha value is -3.46. The number of benzene rings is 2. The number of hydrogen-bond acceptors (Lipinski definition) is 6. The Morgan fingerprint density at radius 1 is 1.11 bits per heavy atom. The number of aromatic nitrogens is 4. The predicted octanol–water partition coefficient (Wildman–Crippen LogP) is 5.35. The summed E-state index contributed by atoms with van der Waals surface area (Å²) in [6.45, 7) is 1.38. The number of halogens is 1. The SMILES string of the molecule is [OH2+]CCn1cc2c(n1)CCc1c-2sc2ncnc(Nc3ccc(OCc4ccccc4)c(Cl)c3)c12. The molecule has 7 nitrogen and oxygen atoms in total. The van der Waals surface area contributed by atoms with Crippen molar-refractivity contribution in [1.29, 1.82) is 0 Å². The number of fused-ring (bicyclic) bond motifs is 5. The molecule has 0 saturated carbocycles. The molecule has 35 heavy (non-hydrogen) atoms. The number of thiophene rings is 1. The van der Waals surface area contributed by atoms with Crippen molar-refractivity contribution in [3.63, 3.8) is 0 Å². The minimum absolute atomic E-state index is 0.317. The van der Waals surface area contributed by atoms with Gasteiger partial charge in [-0.2, -0.15) is 5.10 Å². The van der Waals surface area contributed by atoms with Crippen LogP contribution in [-0.4, -0.2) is 31.5 Å². The van der Waals surface area contributed by atoms with Crippen LogP contribution in [0.1, 0.15) is 16.8 Å². The molecule has 6 rings (SSSR count). The highest BCUT2D eigenvalue weighted by atomic mass is 35.5. The fourth-order valence-electron chi connectivity index (χ4n) is 4.42. The number of nitrogens with zero attached hydrogens (tertiary/aromatic N) is 4. The maximum absolute atomic E-state index is 7.51. The zero-order valence-electron chi connectivity index (χ0n) is 18.8. The quantitative estimate of drug-likeness (QED) is 0.302. The van der Waals surface area contributed by atoms with E-state index in [1.165, 1.54) is 10.4 Å². The van der Waals surface area contributed by atoms with Crippen LogP contribution in [0.5, 0.6) is 5.75 Å². The minimum Gasteiger partial charge on any atom is -0.487 e.